The summed E-state index contributed by atoms with van der Waals surface area (Å²) in [6.45, 7) is 12.1. The molecule has 1 aliphatic heterocycles. The molecule has 8 nitrogen and oxygen atoms in total. The van der Waals surface area contributed by atoms with Crippen LogP contribution in [0.25, 0.3) is 0 Å². The summed E-state index contributed by atoms with van der Waals surface area (Å²) in [5, 5.41) is 9.66. The van der Waals surface area contributed by atoms with E-state index < -0.39 is 0 Å². The Bertz CT molecular complexity index is 638. The van der Waals surface area contributed by atoms with Crippen molar-refractivity contribution in [3.8, 4) is 0 Å². The van der Waals surface area contributed by atoms with E-state index in [0.29, 0.717) is 24.3 Å². The number of nitrogens with zero attached hydrogens (tertiary/aromatic N) is 2. The molecule has 0 radical (unpaired) electrons. The maximum absolute atomic E-state index is 12.0. The summed E-state index contributed by atoms with van der Waals surface area (Å²) in [5.74, 6) is 1.65. The fraction of sp³-hybridized carbons (Fsp3) is 0.714. The molecule has 0 saturated carbocycles. The highest BCUT2D eigenvalue weighted by molar-refractivity contribution is 5.92. The molecular formula is C21H37N5O3. The molecule has 3 N–H and O–H groups in total. The molecule has 0 aromatic carbocycles. The third-order valence-corrected chi connectivity index (χ3v) is 5.03. The molecule has 2 heterocycles. The van der Waals surface area contributed by atoms with Gasteiger partial charge in [0.2, 0.25) is 0 Å². The maximum Gasteiger partial charge on any atom is 0.287 e. The highest BCUT2D eigenvalue weighted by Gasteiger charge is 2.22. The van der Waals surface area contributed by atoms with Gasteiger partial charge in [-0.25, -0.2) is 0 Å². The molecule has 29 heavy (non-hydrogen) atoms. The first-order valence-corrected chi connectivity index (χ1v) is 10.6. The number of aliphatic imine (C=N–C) groups is 1. The quantitative estimate of drug-likeness (QED) is 0.310. The van der Waals surface area contributed by atoms with Crippen LogP contribution in [-0.2, 0) is 4.74 Å². The third kappa shape index (κ3) is 8.06. The summed E-state index contributed by atoms with van der Waals surface area (Å²) >= 11 is 0. The molecule has 1 saturated heterocycles. The number of aryl methyl sites for hydroxylation is 1. The van der Waals surface area contributed by atoms with Gasteiger partial charge in [-0.1, -0.05) is 13.8 Å². The first kappa shape index (κ1) is 23.2. The zero-order chi connectivity index (χ0) is 21.1. The second kappa shape index (κ2) is 12.5. The lowest BCUT2D eigenvalue weighted by Gasteiger charge is -2.35. The van der Waals surface area contributed by atoms with Crippen molar-refractivity contribution < 1.29 is 13.9 Å². The minimum atomic E-state index is -0.169. The number of guanidine groups is 1. The van der Waals surface area contributed by atoms with Crippen molar-refractivity contribution in [2.24, 2.45) is 10.9 Å². The molecule has 1 amide bonds. The van der Waals surface area contributed by atoms with E-state index in [1.54, 1.807) is 13.1 Å². The van der Waals surface area contributed by atoms with Crippen LogP contribution in [-0.4, -0.2) is 75.8 Å². The van der Waals surface area contributed by atoms with Crippen molar-refractivity contribution in [1.82, 2.24) is 20.9 Å². The Labute approximate surface area is 174 Å². The summed E-state index contributed by atoms with van der Waals surface area (Å²) < 4.78 is 10.7. The van der Waals surface area contributed by atoms with Gasteiger partial charge in [-0.15, -0.1) is 0 Å². The van der Waals surface area contributed by atoms with Crippen molar-refractivity contribution in [2.75, 3.05) is 53.0 Å². The third-order valence-electron chi connectivity index (χ3n) is 5.03. The molecule has 1 atom stereocenters. The zero-order valence-corrected chi connectivity index (χ0v) is 18.3. The van der Waals surface area contributed by atoms with E-state index in [9.17, 15) is 4.79 Å². The van der Waals surface area contributed by atoms with Crippen molar-refractivity contribution in [1.29, 1.82) is 0 Å². The normalized spacial score (nSPS) is 16.7. The molecule has 0 bridgehead atoms. The lowest BCUT2D eigenvalue weighted by atomic mass is 10.0. The van der Waals surface area contributed by atoms with Gasteiger partial charge in [0.15, 0.2) is 11.7 Å². The highest BCUT2D eigenvalue weighted by Crippen LogP contribution is 2.13. The summed E-state index contributed by atoms with van der Waals surface area (Å²) in [6.07, 6.45) is 3.47. The van der Waals surface area contributed by atoms with Gasteiger partial charge < -0.3 is 25.1 Å². The summed E-state index contributed by atoms with van der Waals surface area (Å²) in [6, 6.07) is 2.25. The monoisotopic (exact) mass is 407 g/mol. The molecular weight excluding hydrogens is 370 g/mol. The Morgan fingerprint density at radius 1 is 1.21 bits per heavy atom. The minimum Gasteiger partial charge on any atom is -0.459 e. The molecule has 1 aliphatic rings. The number of furan rings is 1. The number of hydrogen-bond acceptors (Lipinski definition) is 5. The number of ether oxygens (including phenoxy) is 1. The van der Waals surface area contributed by atoms with Gasteiger partial charge in [0, 0.05) is 51.4 Å². The number of rotatable bonds is 10. The predicted octanol–water partition coefficient (Wildman–Crippen LogP) is 1.62. The molecule has 1 fully saturated rings. The van der Waals surface area contributed by atoms with E-state index in [4.69, 9.17) is 9.15 Å². The SMILES string of the molecule is CN=C(NCCCNC(=O)c1occc1C)NCC(CC(C)C)N1CCOCC1. The maximum atomic E-state index is 12.0. The fourth-order valence-corrected chi connectivity index (χ4v) is 3.47. The Kier molecular flexibility index (Phi) is 10.0. The largest absolute Gasteiger partial charge is 0.459 e. The van der Waals surface area contributed by atoms with Gasteiger partial charge in [0.25, 0.3) is 5.91 Å². The van der Waals surface area contributed by atoms with E-state index in [1.165, 1.54) is 6.26 Å². The minimum absolute atomic E-state index is 0.169. The molecule has 1 aromatic heterocycles. The second-order valence-corrected chi connectivity index (χ2v) is 7.85. The standard InChI is InChI=1S/C21H37N5O3/c1-16(2)14-18(26-9-12-28-13-10-26)15-25-21(22-4)24-8-5-7-23-20(27)19-17(3)6-11-29-19/h6,11,16,18H,5,7-10,12-15H2,1-4H3,(H,23,27)(H2,22,24,25). The average molecular weight is 408 g/mol. The molecule has 1 aromatic rings. The van der Waals surface area contributed by atoms with Crippen molar-refractivity contribution in [3.05, 3.63) is 23.7 Å². The second-order valence-electron chi connectivity index (χ2n) is 7.85. The first-order chi connectivity index (χ1) is 14.0. The summed E-state index contributed by atoms with van der Waals surface area (Å²) in [5.41, 5.74) is 0.849. The Morgan fingerprint density at radius 3 is 2.55 bits per heavy atom. The van der Waals surface area contributed by atoms with Crippen LogP contribution in [0.5, 0.6) is 0 Å². The van der Waals surface area contributed by atoms with Crippen molar-refractivity contribution in [3.63, 3.8) is 0 Å². The Morgan fingerprint density at radius 2 is 1.93 bits per heavy atom. The topological polar surface area (TPSA) is 91.1 Å². The van der Waals surface area contributed by atoms with Gasteiger partial charge in [-0.2, -0.15) is 0 Å². The van der Waals surface area contributed by atoms with Crippen LogP contribution in [0, 0.1) is 12.8 Å². The number of hydrogen-bond donors (Lipinski definition) is 3. The van der Waals surface area contributed by atoms with Gasteiger partial charge in [0.05, 0.1) is 19.5 Å². The summed E-state index contributed by atoms with van der Waals surface area (Å²) in [7, 11) is 1.78. The van der Waals surface area contributed by atoms with E-state index in [-0.39, 0.29) is 5.91 Å². The van der Waals surface area contributed by atoms with Crippen LogP contribution in [0.15, 0.2) is 21.7 Å². The lowest BCUT2D eigenvalue weighted by molar-refractivity contribution is 0.0132. The van der Waals surface area contributed by atoms with Crippen molar-refractivity contribution in [2.45, 2.75) is 39.7 Å². The van der Waals surface area contributed by atoms with Gasteiger partial charge in [-0.3, -0.25) is 14.7 Å². The van der Waals surface area contributed by atoms with Gasteiger partial charge in [0.1, 0.15) is 0 Å². The number of nitrogens with one attached hydrogen (secondary N) is 3. The number of carbonyl (C=O) groups excluding carboxylic acids is 1. The van der Waals surface area contributed by atoms with Crippen LogP contribution in [0.2, 0.25) is 0 Å². The average Bonchev–Trinajstić information content (AvgIpc) is 3.15. The van der Waals surface area contributed by atoms with Crippen molar-refractivity contribution >= 4 is 11.9 Å². The number of carbonyl (C=O) groups is 1. The fourth-order valence-electron chi connectivity index (χ4n) is 3.47. The van der Waals surface area contributed by atoms with Gasteiger partial charge >= 0.3 is 0 Å². The summed E-state index contributed by atoms with van der Waals surface area (Å²) in [4.78, 5) is 18.8. The molecule has 1 unspecified atom stereocenters. The van der Waals surface area contributed by atoms with Gasteiger partial charge in [-0.05, 0) is 31.7 Å². The highest BCUT2D eigenvalue weighted by atomic mass is 16.5. The zero-order valence-electron chi connectivity index (χ0n) is 18.3. The molecule has 0 aliphatic carbocycles. The van der Waals surface area contributed by atoms with Crippen LogP contribution >= 0.6 is 0 Å². The lowest BCUT2D eigenvalue weighted by Crippen LogP contribution is -2.51. The van der Waals surface area contributed by atoms with E-state index in [1.807, 2.05) is 6.92 Å². The molecule has 164 valence electrons. The van der Waals surface area contributed by atoms with Crippen LogP contribution in [0.1, 0.15) is 42.8 Å². The van der Waals surface area contributed by atoms with E-state index in [0.717, 1.165) is 63.8 Å². The molecule has 2 rings (SSSR count). The van der Waals surface area contributed by atoms with E-state index in [2.05, 4.69) is 39.7 Å². The number of amides is 1. The first-order valence-electron chi connectivity index (χ1n) is 10.6. The number of morpholine rings is 1. The Hall–Kier alpha value is -2.06. The van der Waals surface area contributed by atoms with Crippen LogP contribution < -0.4 is 16.0 Å². The predicted molar refractivity (Wildman–Crippen MR) is 115 cm³/mol. The van der Waals surface area contributed by atoms with E-state index >= 15 is 0 Å². The van der Waals surface area contributed by atoms with Crippen LogP contribution in [0.4, 0.5) is 0 Å². The molecule has 0 spiro atoms. The Balaban J connectivity index is 1.68. The van der Waals surface area contributed by atoms with Crippen LogP contribution in [0.3, 0.4) is 0 Å². The molecule has 8 heteroatoms. The smallest absolute Gasteiger partial charge is 0.287 e.